The van der Waals surface area contributed by atoms with E-state index in [1.165, 1.54) is 11.3 Å². The number of ether oxygens (including phenoxy) is 2. The number of carboxylic acids is 1. The molecule has 10 heteroatoms. The maximum Gasteiger partial charge on any atom is 0.307 e. The molecule has 0 radical (unpaired) electrons. The molecule has 3 aliphatic rings. The maximum absolute atomic E-state index is 12.8. The van der Waals surface area contributed by atoms with Crippen LogP contribution in [-0.2, 0) is 16.1 Å². The summed E-state index contributed by atoms with van der Waals surface area (Å²) >= 11 is 1.51. The van der Waals surface area contributed by atoms with Crippen molar-refractivity contribution in [2.75, 3.05) is 44.3 Å². The van der Waals surface area contributed by atoms with Gasteiger partial charge in [-0.25, -0.2) is 4.98 Å². The number of aliphatic carboxylic acids is 1. The number of aryl methyl sites for hydroxylation is 1. The molecular formula is C29H28N4O5S. The van der Waals surface area contributed by atoms with Gasteiger partial charge in [-0.2, -0.15) is 5.26 Å². The zero-order valence-electron chi connectivity index (χ0n) is 21.5. The van der Waals surface area contributed by atoms with Crippen molar-refractivity contribution < 1.29 is 24.2 Å². The Bertz CT molecular complexity index is 1460. The van der Waals surface area contributed by atoms with Crippen molar-refractivity contribution in [3.05, 3.63) is 64.0 Å². The second kappa shape index (κ2) is 10.3. The molecular weight excluding hydrogens is 516 g/mol. The molecule has 1 amide bonds. The van der Waals surface area contributed by atoms with E-state index >= 15 is 0 Å². The van der Waals surface area contributed by atoms with Gasteiger partial charge in [-0.05, 0) is 60.2 Å². The Morgan fingerprint density at radius 2 is 1.95 bits per heavy atom. The van der Waals surface area contributed by atoms with Gasteiger partial charge in [0.25, 0.3) is 5.91 Å². The molecule has 200 valence electrons. The number of hydrogen-bond acceptors (Lipinski definition) is 8. The summed E-state index contributed by atoms with van der Waals surface area (Å²) in [5.74, 6) is 0.116. The second-order valence-electron chi connectivity index (χ2n) is 10.3. The zero-order valence-corrected chi connectivity index (χ0v) is 22.3. The van der Waals surface area contributed by atoms with E-state index in [2.05, 4.69) is 11.0 Å². The third-order valence-corrected chi connectivity index (χ3v) is 8.80. The van der Waals surface area contributed by atoms with Gasteiger partial charge >= 0.3 is 5.97 Å². The van der Waals surface area contributed by atoms with Gasteiger partial charge in [-0.15, -0.1) is 11.3 Å². The number of hydrogen-bond donors (Lipinski definition) is 1. The molecule has 1 aromatic heterocycles. The number of nitriles is 1. The fraction of sp³-hybridized carbons (Fsp3) is 0.379. The van der Waals surface area contributed by atoms with Gasteiger partial charge in [-0.1, -0.05) is 6.07 Å². The third-order valence-electron chi connectivity index (χ3n) is 7.90. The number of amides is 1. The Morgan fingerprint density at radius 3 is 2.64 bits per heavy atom. The van der Waals surface area contributed by atoms with Crippen LogP contribution in [0, 0.1) is 36.0 Å². The molecule has 3 aromatic rings. The number of rotatable bonds is 7. The fourth-order valence-corrected chi connectivity index (χ4v) is 6.45. The van der Waals surface area contributed by atoms with E-state index in [0.717, 1.165) is 27.5 Å². The molecule has 1 aliphatic carbocycles. The van der Waals surface area contributed by atoms with Crippen molar-refractivity contribution in [1.29, 1.82) is 5.26 Å². The zero-order chi connectivity index (χ0) is 27.1. The van der Waals surface area contributed by atoms with Crippen LogP contribution in [0.15, 0.2) is 41.8 Å². The largest absolute Gasteiger partial charge is 0.488 e. The topological polar surface area (TPSA) is 116 Å². The average Bonchev–Trinajstić information content (AvgIpc) is 3.27. The van der Waals surface area contributed by atoms with E-state index in [-0.39, 0.29) is 23.7 Å². The molecule has 0 spiro atoms. The minimum atomic E-state index is -0.701. The van der Waals surface area contributed by atoms with Gasteiger partial charge in [0.15, 0.2) is 5.13 Å². The van der Waals surface area contributed by atoms with Gasteiger partial charge in [0, 0.05) is 42.7 Å². The van der Waals surface area contributed by atoms with Crippen LogP contribution in [-0.4, -0.2) is 66.3 Å². The number of piperidine rings is 1. The Hall–Kier alpha value is -3.94. The van der Waals surface area contributed by atoms with Gasteiger partial charge in [-0.3, -0.25) is 9.59 Å². The van der Waals surface area contributed by atoms with Crippen molar-refractivity contribution in [3.63, 3.8) is 0 Å². The number of morpholine rings is 1. The standard InChI is InChI=1S/C29H28N4O5S/c1-17-10-19(27(34)32-6-8-37-9-7-32)3-4-20(17)15-38-25-5-2-18(12-30)11-21(25)24-16-39-29(31-24)33-13-22-23(14-33)26(22)28(35)36/h2-5,10-11,16,22-23,26H,6-9,13-15H2,1H3,(H,35,36). The Labute approximate surface area is 230 Å². The number of carboxylic acid groups (broad SMARTS) is 1. The van der Waals surface area contributed by atoms with E-state index in [0.29, 0.717) is 62.9 Å². The molecule has 1 N–H and O–H groups in total. The molecule has 2 saturated heterocycles. The number of aromatic nitrogens is 1. The molecule has 2 aromatic carbocycles. The van der Waals surface area contributed by atoms with Gasteiger partial charge < -0.3 is 24.4 Å². The van der Waals surface area contributed by atoms with Crippen LogP contribution >= 0.6 is 11.3 Å². The smallest absolute Gasteiger partial charge is 0.307 e. The Morgan fingerprint density at radius 1 is 1.18 bits per heavy atom. The second-order valence-corrected chi connectivity index (χ2v) is 11.1. The van der Waals surface area contributed by atoms with E-state index < -0.39 is 5.97 Å². The third kappa shape index (κ3) is 4.95. The molecule has 3 heterocycles. The van der Waals surface area contributed by atoms with Crippen LogP contribution in [0.5, 0.6) is 5.75 Å². The lowest BCUT2D eigenvalue weighted by Gasteiger charge is -2.27. The Balaban J connectivity index is 1.17. The summed E-state index contributed by atoms with van der Waals surface area (Å²) in [6.07, 6.45) is 0. The van der Waals surface area contributed by atoms with Gasteiger partial charge in [0.05, 0.1) is 36.5 Å². The lowest BCUT2D eigenvalue weighted by atomic mass is 10.0. The summed E-state index contributed by atoms with van der Waals surface area (Å²) in [6.45, 7) is 6.02. The molecule has 3 fully saturated rings. The van der Waals surface area contributed by atoms with E-state index in [1.54, 1.807) is 18.2 Å². The number of fused-ring (bicyclic) bond motifs is 1. The number of anilines is 1. The highest BCUT2D eigenvalue weighted by atomic mass is 32.1. The van der Waals surface area contributed by atoms with Gasteiger partial charge in [0.2, 0.25) is 0 Å². The summed E-state index contributed by atoms with van der Waals surface area (Å²) in [7, 11) is 0. The first kappa shape index (κ1) is 25.3. The first-order chi connectivity index (χ1) is 18.9. The summed E-state index contributed by atoms with van der Waals surface area (Å²) in [4.78, 5) is 33.0. The number of carbonyl (C=O) groups is 2. The molecule has 2 atom stereocenters. The minimum absolute atomic E-state index is 0.0105. The predicted molar refractivity (Wildman–Crippen MR) is 145 cm³/mol. The van der Waals surface area contributed by atoms with Crippen molar-refractivity contribution in [2.24, 2.45) is 17.8 Å². The number of nitrogens with zero attached hydrogens (tertiary/aromatic N) is 4. The van der Waals surface area contributed by atoms with Crippen molar-refractivity contribution in [2.45, 2.75) is 13.5 Å². The van der Waals surface area contributed by atoms with E-state index in [1.807, 2.05) is 35.4 Å². The molecule has 0 bridgehead atoms. The quantitative estimate of drug-likeness (QED) is 0.478. The van der Waals surface area contributed by atoms with Crippen LogP contribution < -0.4 is 9.64 Å². The van der Waals surface area contributed by atoms with E-state index in [9.17, 15) is 20.0 Å². The van der Waals surface area contributed by atoms with Crippen molar-refractivity contribution in [3.8, 4) is 23.1 Å². The van der Waals surface area contributed by atoms with Crippen LogP contribution in [0.2, 0.25) is 0 Å². The molecule has 2 aliphatic heterocycles. The highest BCUT2D eigenvalue weighted by Gasteiger charge is 2.60. The van der Waals surface area contributed by atoms with E-state index in [4.69, 9.17) is 14.5 Å². The first-order valence-corrected chi connectivity index (χ1v) is 13.9. The average molecular weight is 545 g/mol. The molecule has 6 rings (SSSR count). The number of carbonyl (C=O) groups excluding carboxylic acids is 1. The number of benzene rings is 2. The van der Waals surface area contributed by atoms with Crippen LogP contribution in [0.3, 0.4) is 0 Å². The minimum Gasteiger partial charge on any atom is -0.488 e. The normalized spacial score (nSPS) is 21.8. The van der Waals surface area contributed by atoms with Crippen LogP contribution in [0.4, 0.5) is 5.13 Å². The summed E-state index contributed by atoms with van der Waals surface area (Å²) in [5.41, 5.74) is 4.56. The van der Waals surface area contributed by atoms with Gasteiger partial charge in [0.1, 0.15) is 12.4 Å². The molecule has 9 nitrogen and oxygen atoms in total. The van der Waals surface area contributed by atoms with Crippen LogP contribution in [0.25, 0.3) is 11.3 Å². The maximum atomic E-state index is 12.8. The number of thiazole rings is 1. The van der Waals surface area contributed by atoms with Crippen molar-refractivity contribution in [1.82, 2.24) is 9.88 Å². The lowest BCUT2D eigenvalue weighted by molar-refractivity contribution is -0.139. The first-order valence-electron chi connectivity index (χ1n) is 13.0. The molecule has 1 saturated carbocycles. The lowest BCUT2D eigenvalue weighted by Crippen LogP contribution is -2.40. The monoisotopic (exact) mass is 544 g/mol. The highest BCUT2D eigenvalue weighted by Crippen LogP contribution is 2.53. The van der Waals surface area contributed by atoms with Crippen LogP contribution in [0.1, 0.15) is 27.0 Å². The fourth-order valence-electron chi connectivity index (χ4n) is 5.60. The van der Waals surface area contributed by atoms with Crippen molar-refractivity contribution >= 4 is 28.3 Å². The Kier molecular flexibility index (Phi) is 6.71. The highest BCUT2D eigenvalue weighted by molar-refractivity contribution is 7.14. The summed E-state index contributed by atoms with van der Waals surface area (Å²) < 4.78 is 11.6. The SMILES string of the molecule is Cc1cc(C(=O)N2CCOCC2)ccc1COc1ccc(C#N)cc1-c1csc(N2CC3C(C2)C3C(=O)O)n1. The molecule has 39 heavy (non-hydrogen) atoms. The summed E-state index contributed by atoms with van der Waals surface area (Å²) in [5, 5.41) is 21.6. The summed E-state index contributed by atoms with van der Waals surface area (Å²) in [6, 6.07) is 13.2. The predicted octanol–water partition coefficient (Wildman–Crippen LogP) is 3.81. The molecule has 2 unspecified atom stereocenters.